The highest BCUT2D eigenvalue weighted by molar-refractivity contribution is 5.79. The highest BCUT2D eigenvalue weighted by Gasteiger charge is 2.18. The first-order chi connectivity index (χ1) is 7.83. The summed E-state index contributed by atoms with van der Waals surface area (Å²) in [5.41, 5.74) is 0.590. The summed E-state index contributed by atoms with van der Waals surface area (Å²) in [6.45, 7) is 0. The first-order valence-electron chi connectivity index (χ1n) is 5.63. The third kappa shape index (κ3) is 2.35. The maximum Gasteiger partial charge on any atom is 0.153 e. The van der Waals surface area contributed by atoms with Gasteiger partial charge in [0.05, 0.1) is 18.8 Å². The SMILES string of the molecule is COc1ccc(C=O)c(OC2CCCC2)c1. The zero-order valence-electron chi connectivity index (χ0n) is 9.44. The lowest BCUT2D eigenvalue weighted by atomic mass is 10.2. The highest BCUT2D eigenvalue weighted by Crippen LogP contribution is 2.28. The summed E-state index contributed by atoms with van der Waals surface area (Å²) in [5, 5.41) is 0. The van der Waals surface area contributed by atoms with Crippen LogP contribution in [0.4, 0.5) is 0 Å². The van der Waals surface area contributed by atoms with Crippen LogP contribution in [0.15, 0.2) is 18.2 Å². The van der Waals surface area contributed by atoms with Gasteiger partial charge in [0.1, 0.15) is 11.5 Å². The van der Waals surface area contributed by atoms with Crippen LogP contribution < -0.4 is 9.47 Å². The van der Waals surface area contributed by atoms with E-state index in [4.69, 9.17) is 9.47 Å². The number of benzene rings is 1. The summed E-state index contributed by atoms with van der Waals surface area (Å²) in [6, 6.07) is 5.28. The molecule has 0 spiro atoms. The van der Waals surface area contributed by atoms with Gasteiger partial charge in [0.2, 0.25) is 0 Å². The molecule has 1 saturated carbocycles. The van der Waals surface area contributed by atoms with Crippen molar-refractivity contribution < 1.29 is 14.3 Å². The predicted molar refractivity (Wildman–Crippen MR) is 61.3 cm³/mol. The Kier molecular flexibility index (Phi) is 3.44. The van der Waals surface area contributed by atoms with E-state index in [0.29, 0.717) is 11.3 Å². The van der Waals surface area contributed by atoms with Gasteiger partial charge in [-0.15, -0.1) is 0 Å². The van der Waals surface area contributed by atoms with E-state index in [9.17, 15) is 4.79 Å². The van der Waals surface area contributed by atoms with Gasteiger partial charge < -0.3 is 9.47 Å². The van der Waals surface area contributed by atoms with Crippen molar-refractivity contribution in [1.29, 1.82) is 0 Å². The fourth-order valence-corrected chi connectivity index (χ4v) is 2.03. The standard InChI is InChI=1S/C13H16O3/c1-15-12-7-6-10(9-14)13(8-12)16-11-4-2-3-5-11/h6-9,11H,2-5H2,1H3. The molecule has 0 radical (unpaired) electrons. The molecule has 0 aromatic heterocycles. The fourth-order valence-electron chi connectivity index (χ4n) is 2.03. The van der Waals surface area contributed by atoms with E-state index in [1.807, 2.05) is 0 Å². The molecule has 1 aromatic rings. The normalized spacial score (nSPS) is 16.1. The average Bonchev–Trinajstić information content (AvgIpc) is 2.82. The molecule has 3 nitrogen and oxygen atoms in total. The Morgan fingerprint density at radius 1 is 1.31 bits per heavy atom. The summed E-state index contributed by atoms with van der Waals surface area (Å²) < 4.78 is 11.0. The van der Waals surface area contributed by atoms with Crippen LogP contribution in [0.5, 0.6) is 11.5 Å². The minimum absolute atomic E-state index is 0.255. The lowest BCUT2D eigenvalue weighted by molar-refractivity contribution is 0.111. The number of carbonyl (C=O) groups is 1. The van der Waals surface area contributed by atoms with Crippen molar-refractivity contribution in [2.45, 2.75) is 31.8 Å². The Hall–Kier alpha value is -1.51. The van der Waals surface area contributed by atoms with E-state index in [0.717, 1.165) is 24.9 Å². The molecule has 0 bridgehead atoms. The number of rotatable bonds is 4. The van der Waals surface area contributed by atoms with Gasteiger partial charge in [-0.2, -0.15) is 0 Å². The van der Waals surface area contributed by atoms with Gasteiger partial charge in [-0.1, -0.05) is 0 Å². The first kappa shape index (κ1) is 11.0. The smallest absolute Gasteiger partial charge is 0.153 e. The molecule has 16 heavy (non-hydrogen) atoms. The summed E-state index contributed by atoms with van der Waals surface area (Å²) in [5.74, 6) is 1.36. The molecule has 0 saturated heterocycles. The van der Waals surface area contributed by atoms with Crippen molar-refractivity contribution in [2.75, 3.05) is 7.11 Å². The third-order valence-corrected chi connectivity index (χ3v) is 2.94. The molecule has 1 aromatic carbocycles. The molecular weight excluding hydrogens is 204 g/mol. The van der Waals surface area contributed by atoms with Crippen molar-refractivity contribution in [1.82, 2.24) is 0 Å². The van der Waals surface area contributed by atoms with E-state index in [2.05, 4.69) is 0 Å². The number of hydrogen-bond acceptors (Lipinski definition) is 3. The van der Waals surface area contributed by atoms with Crippen LogP contribution in [0, 0.1) is 0 Å². The minimum Gasteiger partial charge on any atom is -0.497 e. The molecule has 1 aliphatic rings. The number of methoxy groups -OCH3 is 1. The fraction of sp³-hybridized carbons (Fsp3) is 0.462. The van der Waals surface area contributed by atoms with Gasteiger partial charge >= 0.3 is 0 Å². The zero-order chi connectivity index (χ0) is 11.4. The highest BCUT2D eigenvalue weighted by atomic mass is 16.5. The summed E-state index contributed by atoms with van der Waals surface area (Å²) >= 11 is 0. The van der Waals surface area contributed by atoms with Crippen molar-refractivity contribution >= 4 is 6.29 Å². The molecule has 2 rings (SSSR count). The number of aldehydes is 1. The van der Waals surface area contributed by atoms with E-state index in [1.165, 1.54) is 12.8 Å². The lowest BCUT2D eigenvalue weighted by Gasteiger charge is -2.15. The second-order valence-electron chi connectivity index (χ2n) is 4.05. The van der Waals surface area contributed by atoms with E-state index >= 15 is 0 Å². The predicted octanol–water partition coefficient (Wildman–Crippen LogP) is 2.83. The molecule has 0 aliphatic heterocycles. The minimum atomic E-state index is 0.255. The molecular formula is C13H16O3. The molecule has 0 heterocycles. The van der Waals surface area contributed by atoms with E-state index in [-0.39, 0.29) is 6.10 Å². The number of carbonyl (C=O) groups excluding carboxylic acids is 1. The Labute approximate surface area is 95.4 Å². The van der Waals surface area contributed by atoms with Crippen molar-refractivity contribution in [3.63, 3.8) is 0 Å². The van der Waals surface area contributed by atoms with Crippen molar-refractivity contribution in [2.24, 2.45) is 0 Å². The average molecular weight is 220 g/mol. The molecule has 0 unspecified atom stereocenters. The van der Waals surface area contributed by atoms with Gasteiger partial charge in [0.15, 0.2) is 6.29 Å². The largest absolute Gasteiger partial charge is 0.497 e. The van der Waals surface area contributed by atoms with Crippen LogP contribution in [0.25, 0.3) is 0 Å². The van der Waals surface area contributed by atoms with Crippen LogP contribution in [-0.2, 0) is 0 Å². The van der Waals surface area contributed by atoms with Gasteiger partial charge in [-0.25, -0.2) is 0 Å². The second kappa shape index (κ2) is 5.01. The van der Waals surface area contributed by atoms with Crippen LogP contribution >= 0.6 is 0 Å². The molecule has 86 valence electrons. The van der Waals surface area contributed by atoms with Crippen LogP contribution in [-0.4, -0.2) is 19.5 Å². The van der Waals surface area contributed by atoms with Crippen LogP contribution in [0.2, 0.25) is 0 Å². The maximum atomic E-state index is 10.9. The van der Waals surface area contributed by atoms with Crippen LogP contribution in [0.1, 0.15) is 36.0 Å². The molecule has 1 fully saturated rings. The first-order valence-corrected chi connectivity index (χ1v) is 5.63. The topological polar surface area (TPSA) is 35.5 Å². The monoisotopic (exact) mass is 220 g/mol. The Bertz CT molecular complexity index is 367. The Balaban J connectivity index is 2.18. The van der Waals surface area contributed by atoms with Gasteiger partial charge in [-0.3, -0.25) is 4.79 Å². The quantitative estimate of drug-likeness (QED) is 0.732. The molecule has 1 aliphatic carbocycles. The molecule has 3 heteroatoms. The van der Waals surface area contributed by atoms with Crippen molar-refractivity contribution in [3.8, 4) is 11.5 Å². The lowest BCUT2D eigenvalue weighted by Crippen LogP contribution is -2.12. The Morgan fingerprint density at radius 2 is 2.06 bits per heavy atom. The van der Waals surface area contributed by atoms with E-state index in [1.54, 1.807) is 25.3 Å². The maximum absolute atomic E-state index is 10.9. The number of ether oxygens (including phenoxy) is 2. The zero-order valence-corrected chi connectivity index (χ0v) is 9.44. The second-order valence-corrected chi connectivity index (χ2v) is 4.05. The molecule has 0 amide bonds. The van der Waals surface area contributed by atoms with Gasteiger partial charge in [0.25, 0.3) is 0 Å². The van der Waals surface area contributed by atoms with Gasteiger partial charge in [-0.05, 0) is 37.8 Å². The molecule has 0 N–H and O–H groups in total. The summed E-state index contributed by atoms with van der Waals surface area (Å²) in [7, 11) is 1.61. The molecule has 0 atom stereocenters. The Morgan fingerprint density at radius 3 is 2.69 bits per heavy atom. The summed E-state index contributed by atoms with van der Waals surface area (Å²) in [4.78, 5) is 10.9. The number of hydrogen-bond donors (Lipinski definition) is 0. The third-order valence-electron chi connectivity index (χ3n) is 2.94. The van der Waals surface area contributed by atoms with Crippen molar-refractivity contribution in [3.05, 3.63) is 23.8 Å². The van der Waals surface area contributed by atoms with Crippen LogP contribution in [0.3, 0.4) is 0 Å². The van der Waals surface area contributed by atoms with E-state index < -0.39 is 0 Å². The summed E-state index contributed by atoms with van der Waals surface area (Å²) in [6.07, 6.45) is 5.66. The van der Waals surface area contributed by atoms with Gasteiger partial charge in [0, 0.05) is 6.07 Å².